The van der Waals surface area contributed by atoms with Gasteiger partial charge in [0.15, 0.2) is 0 Å². The molecule has 1 heterocycles. The topological polar surface area (TPSA) is 119 Å². The molecule has 1 aromatic carbocycles. The van der Waals surface area contributed by atoms with Gasteiger partial charge >= 0.3 is 5.97 Å². The summed E-state index contributed by atoms with van der Waals surface area (Å²) in [6.45, 7) is 0.739. The fourth-order valence-electron chi connectivity index (χ4n) is 2.12. The van der Waals surface area contributed by atoms with Gasteiger partial charge in [0.05, 0.1) is 4.90 Å². The molecule has 0 spiro atoms. The fourth-order valence-corrected chi connectivity index (χ4v) is 2.63. The van der Waals surface area contributed by atoms with Gasteiger partial charge in [-0.05, 0) is 24.3 Å². The van der Waals surface area contributed by atoms with Gasteiger partial charge in [0.1, 0.15) is 5.54 Å². The number of benzene rings is 1. The molecule has 0 aromatic heterocycles. The summed E-state index contributed by atoms with van der Waals surface area (Å²) in [6.07, 6.45) is 0.693. The Bertz CT molecular complexity index is 591. The number of rotatable bonds is 4. The zero-order valence-corrected chi connectivity index (χ0v) is 11.5. The smallest absolute Gasteiger partial charge is 0.329 e. The highest BCUT2D eigenvalue weighted by Crippen LogP contribution is 2.27. The minimum atomic E-state index is -3.75. The first kappa shape index (κ1) is 14.8. The first-order valence-corrected chi connectivity index (χ1v) is 7.60. The van der Waals surface area contributed by atoms with Crippen molar-refractivity contribution in [3.63, 3.8) is 0 Å². The van der Waals surface area contributed by atoms with Crippen molar-refractivity contribution in [1.82, 2.24) is 0 Å². The Hall–Kier alpha value is -1.64. The van der Waals surface area contributed by atoms with E-state index in [0.29, 0.717) is 31.7 Å². The summed E-state index contributed by atoms with van der Waals surface area (Å²) in [4.78, 5) is 11.5. The van der Waals surface area contributed by atoms with Crippen LogP contribution in [0.1, 0.15) is 12.8 Å². The van der Waals surface area contributed by atoms with Crippen LogP contribution in [0, 0.1) is 0 Å². The Morgan fingerprint density at radius 3 is 2.25 bits per heavy atom. The average Bonchev–Trinajstić information content (AvgIpc) is 2.39. The van der Waals surface area contributed by atoms with Gasteiger partial charge < -0.3 is 15.2 Å². The fraction of sp³-hybridized carbons (Fsp3) is 0.417. The molecule has 0 amide bonds. The lowest BCUT2D eigenvalue weighted by Gasteiger charge is -2.34. The molecule has 1 aliphatic heterocycles. The maximum absolute atomic E-state index is 11.5. The maximum Gasteiger partial charge on any atom is 0.329 e. The largest absolute Gasteiger partial charge is 0.480 e. The molecule has 1 aromatic rings. The molecule has 1 saturated heterocycles. The first-order chi connectivity index (χ1) is 9.33. The van der Waals surface area contributed by atoms with Crippen molar-refractivity contribution in [3.8, 4) is 0 Å². The van der Waals surface area contributed by atoms with E-state index in [1.54, 1.807) is 0 Å². The van der Waals surface area contributed by atoms with Gasteiger partial charge in [-0.2, -0.15) is 0 Å². The van der Waals surface area contributed by atoms with Gasteiger partial charge in [-0.3, -0.25) is 0 Å². The zero-order valence-electron chi connectivity index (χ0n) is 10.7. The molecule has 110 valence electrons. The Balaban J connectivity index is 2.21. The van der Waals surface area contributed by atoms with Crippen LogP contribution < -0.4 is 10.5 Å². The molecule has 0 radical (unpaired) electrons. The number of carboxylic acid groups (broad SMARTS) is 1. The summed E-state index contributed by atoms with van der Waals surface area (Å²) in [5.41, 5.74) is -0.553. The molecule has 2 rings (SSSR count). The summed E-state index contributed by atoms with van der Waals surface area (Å²) >= 11 is 0. The molecule has 0 unspecified atom stereocenters. The van der Waals surface area contributed by atoms with E-state index in [2.05, 4.69) is 5.32 Å². The lowest BCUT2D eigenvalue weighted by molar-refractivity contribution is -0.145. The second-order valence-corrected chi connectivity index (χ2v) is 6.26. The number of hydrogen-bond donors (Lipinski definition) is 3. The number of hydrogen-bond acceptors (Lipinski definition) is 5. The molecule has 1 fully saturated rings. The van der Waals surface area contributed by atoms with Crippen molar-refractivity contribution in [1.29, 1.82) is 0 Å². The Morgan fingerprint density at radius 1 is 1.25 bits per heavy atom. The predicted octanol–water partition coefficient (Wildman–Crippen LogP) is 0.380. The number of primary sulfonamides is 1. The number of carbonyl (C=O) groups is 1. The average molecular weight is 300 g/mol. The van der Waals surface area contributed by atoms with E-state index < -0.39 is 21.5 Å². The van der Waals surface area contributed by atoms with Crippen LogP contribution in [0.2, 0.25) is 0 Å². The quantitative estimate of drug-likeness (QED) is 0.739. The van der Waals surface area contributed by atoms with Gasteiger partial charge in [-0.1, -0.05) is 0 Å². The number of sulfonamides is 1. The highest BCUT2D eigenvalue weighted by Gasteiger charge is 2.40. The van der Waals surface area contributed by atoms with Gasteiger partial charge in [0.2, 0.25) is 10.0 Å². The molecular weight excluding hydrogens is 284 g/mol. The van der Waals surface area contributed by atoms with E-state index >= 15 is 0 Å². The molecule has 4 N–H and O–H groups in total. The number of nitrogens with one attached hydrogen (secondary N) is 1. The SMILES string of the molecule is NS(=O)(=O)c1ccc(NC2(C(=O)O)CCOCC2)cc1. The van der Waals surface area contributed by atoms with Crippen molar-refractivity contribution in [2.24, 2.45) is 5.14 Å². The maximum atomic E-state index is 11.5. The second-order valence-electron chi connectivity index (χ2n) is 4.69. The van der Waals surface area contributed by atoms with Gasteiger partial charge in [0.25, 0.3) is 0 Å². The van der Waals surface area contributed by atoms with Crippen LogP contribution in [0.25, 0.3) is 0 Å². The van der Waals surface area contributed by atoms with Gasteiger partial charge in [-0.25, -0.2) is 18.4 Å². The van der Waals surface area contributed by atoms with Crippen LogP contribution >= 0.6 is 0 Å². The molecule has 0 bridgehead atoms. The number of aliphatic carboxylic acids is 1. The zero-order chi connectivity index (χ0) is 14.8. The second kappa shape index (κ2) is 5.39. The van der Waals surface area contributed by atoms with Crippen LogP contribution in [0.4, 0.5) is 5.69 Å². The molecule has 0 aliphatic carbocycles. The number of nitrogens with two attached hydrogens (primary N) is 1. The molecule has 0 saturated carbocycles. The van der Waals surface area contributed by atoms with Crippen molar-refractivity contribution in [2.45, 2.75) is 23.3 Å². The van der Waals surface area contributed by atoms with E-state index in [1.807, 2.05) is 0 Å². The molecule has 7 nitrogen and oxygen atoms in total. The predicted molar refractivity (Wildman–Crippen MR) is 71.9 cm³/mol. The van der Waals surface area contributed by atoms with E-state index in [4.69, 9.17) is 9.88 Å². The first-order valence-electron chi connectivity index (χ1n) is 6.06. The van der Waals surface area contributed by atoms with Gasteiger partial charge in [-0.15, -0.1) is 0 Å². The van der Waals surface area contributed by atoms with Crippen LogP contribution in [-0.4, -0.2) is 38.2 Å². The Labute approximate surface area is 116 Å². The molecule has 8 heteroatoms. The normalized spacial score (nSPS) is 18.4. The lowest BCUT2D eigenvalue weighted by atomic mass is 9.90. The highest BCUT2D eigenvalue weighted by atomic mass is 32.2. The molecule has 1 aliphatic rings. The van der Waals surface area contributed by atoms with Crippen LogP contribution in [0.15, 0.2) is 29.2 Å². The summed E-state index contributed by atoms with van der Waals surface area (Å²) in [5.74, 6) is -0.948. The highest BCUT2D eigenvalue weighted by molar-refractivity contribution is 7.89. The minimum Gasteiger partial charge on any atom is -0.480 e. The van der Waals surface area contributed by atoms with E-state index in [1.165, 1.54) is 24.3 Å². The number of ether oxygens (including phenoxy) is 1. The van der Waals surface area contributed by atoms with Crippen molar-refractivity contribution < 1.29 is 23.1 Å². The standard InChI is InChI=1S/C12H16N2O5S/c13-20(17,18)10-3-1-9(2-4-10)14-12(11(15)16)5-7-19-8-6-12/h1-4,14H,5-8H2,(H,15,16)(H2,13,17,18). The van der Waals surface area contributed by atoms with E-state index in [9.17, 15) is 18.3 Å². The van der Waals surface area contributed by atoms with Crippen LogP contribution in [-0.2, 0) is 19.6 Å². The third kappa shape index (κ3) is 3.09. The summed E-state index contributed by atoms with van der Waals surface area (Å²) in [6, 6.07) is 5.68. The van der Waals surface area contributed by atoms with E-state index in [-0.39, 0.29) is 4.90 Å². The summed E-state index contributed by atoms with van der Waals surface area (Å²) in [7, 11) is -3.75. The third-order valence-corrected chi connectivity index (χ3v) is 4.25. The summed E-state index contributed by atoms with van der Waals surface area (Å²) < 4.78 is 27.5. The van der Waals surface area contributed by atoms with E-state index in [0.717, 1.165) is 0 Å². The van der Waals surface area contributed by atoms with Crippen molar-refractivity contribution in [2.75, 3.05) is 18.5 Å². The van der Waals surface area contributed by atoms with Crippen molar-refractivity contribution >= 4 is 21.7 Å². The third-order valence-electron chi connectivity index (χ3n) is 3.32. The molecule has 20 heavy (non-hydrogen) atoms. The number of anilines is 1. The van der Waals surface area contributed by atoms with Crippen molar-refractivity contribution in [3.05, 3.63) is 24.3 Å². The molecular formula is C12H16N2O5S. The minimum absolute atomic E-state index is 0.0144. The lowest BCUT2D eigenvalue weighted by Crippen LogP contribution is -2.50. The Morgan fingerprint density at radius 2 is 1.80 bits per heavy atom. The van der Waals surface area contributed by atoms with Crippen LogP contribution in [0.5, 0.6) is 0 Å². The molecule has 0 atom stereocenters. The summed E-state index contributed by atoms with van der Waals surface area (Å²) in [5, 5.41) is 17.4. The Kier molecular flexibility index (Phi) is 3.98. The van der Waals surface area contributed by atoms with Gasteiger partial charge in [0, 0.05) is 31.7 Å². The van der Waals surface area contributed by atoms with Crippen LogP contribution in [0.3, 0.4) is 0 Å². The monoisotopic (exact) mass is 300 g/mol. The number of carboxylic acids is 1.